The van der Waals surface area contributed by atoms with Crippen LogP contribution < -0.4 is 14.8 Å². The minimum Gasteiger partial charge on any atom is -0.496 e. The van der Waals surface area contributed by atoms with E-state index in [4.69, 9.17) is 14.6 Å². The number of hydrogen-bond acceptors (Lipinski definition) is 5. The number of rotatable bonds is 5. The normalized spacial score (nSPS) is 10.1. The highest BCUT2D eigenvalue weighted by Gasteiger charge is 2.21. The van der Waals surface area contributed by atoms with Gasteiger partial charge in [-0.05, 0) is 25.1 Å². The van der Waals surface area contributed by atoms with E-state index in [1.807, 2.05) is 0 Å². The van der Waals surface area contributed by atoms with Crippen molar-refractivity contribution in [2.75, 3.05) is 19.5 Å². The Morgan fingerprint density at radius 1 is 1.18 bits per heavy atom. The van der Waals surface area contributed by atoms with E-state index in [-0.39, 0.29) is 16.1 Å². The lowest BCUT2D eigenvalue weighted by molar-refractivity contribution is 0.0698. The molecule has 0 aliphatic heterocycles. The molecule has 1 amide bonds. The second kappa shape index (κ2) is 6.48. The Morgan fingerprint density at radius 2 is 1.77 bits per heavy atom. The fraction of sp³-hybridized carbons (Fsp3) is 0.200. The summed E-state index contributed by atoms with van der Waals surface area (Å²) < 4.78 is 10.4. The molecule has 0 saturated carbocycles. The Hall–Kier alpha value is -2.54. The average molecular weight is 321 g/mol. The van der Waals surface area contributed by atoms with Crippen molar-refractivity contribution in [3.8, 4) is 11.5 Å². The van der Waals surface area contributed by atoms with Gasteiger partial charge in [-0.3, -0.25) is 4.79 Å². The van der Waals surface area contributed by atoms with Crippen molar-refractivity contribution in [2.45, 2.75) is 6.92 Å². The number of amides is 1. The molecule has 0 aliphatic carbocycles. The Balaban J connectivity index is 2.40. The highest BCUT2D eigenvalue weighted by Crippen LogP contribution is 2.32. The number of carbonyl (C=O) groups is 2. The van der Waals surface area contributed by atoms with Crippen molar-refractivity contribution >= 4 is 28.2 Å². The predicted molar refractivity (Wildman–Crippen MR) is 83.5 cm³/mol. The maximum absolute atomic E-state index is 12.5. The number of nitrogens with one attached hydrogen (secondary N) is 1. The highest BCUT2D eigenvalue weighted by atomic mass is 32.1. The van der Waals surface area contributed by atoms with Crippen molar-refractivity contribution in [1.29, 1.82) is 0 Å². The van der Waals surface area contributed by atoms with Crippen molar-refractivity contribution in [3.05, 3.63) is 40.3 Å². The fourth-order valence-electron chi connectivity index (χ4n) is 2.01. The molecule has 2 aromatic rings. The molecular weight excluding hydrogens is 306 g/mol. The number of aryl methyl sites for hydroxylation is 1. The first-order chi connectivity index (χ1) is 10.5. The van der Waals surface area contributed by atoms with Crippen LogP contribution in [0.3, 0.4) is 0 Å². The van der Waals surface area contributed by atoms with E-state index in [0.29, 0.717) is 11.5 Å². The number of benzene rings is 1. The van der Waals surface area contributed by atoms with Gasteiger partial charge in [0, 0.05) is 4.88 Å². The Labute approximate surface area is 131 Å². The highest BCUT2D eigenvalue weighted by molar-refractivity contribution is 7.16. The summed E-state index contributed by atoms with van der Waals surface area (Å²) in [6, 6.07) is 6.49. The van der Waals surface area contributed by atoms with Crippen LogP contribution in [0.2, 0.25) is 0 Å². The third-order valence-corrected chi connectivity index (χ3v) is 3.93. The molecule has 0 fully saturated rings. The maximum atomic E-state index is 12.5. The molecule has 2 N–H and O–H groups in total. The van der Waals surface area contributed by atoms with Crippen LogP contribution in [0.5, 0.6) is 11.5 Å². The summed E-state index contributed by atoms with van der Waals surface area (Å²) in [6.07, 6.45) is 0. The molecule has 7 heteroatoms. The molecule has 1 aromatic carbocycles. The van der Waals surface area contributed by atoms with Gasteiger partial charge < -0.3 is 19.9 Å². The second-order valence-electron chi connectivity index (χ2n) is 4.40. The van der Waals surface area contributed by atoms with E-state index in [9.17, 15) is 9.59 Å². The van der Waals surface area contributed by atoms with Gasteiger partial charge in [0.25, 0.3) is 5.91 Å². The van der Waals surface area contributed by atoms with E-state index >= 15 is 0 Å². The monoisotopic (exact) mass is 321 g/mol. The zero-order valence-electron chi connectivity index (χ0n) is 12.3. The Bertz CT molecular complexity index is 700. The summed E-state index contributed by atoms with van der Waals surface area (Å²) in [5.41, 5.74) is 0.277. The van der Waals surface area contributed by atoms with Crippen molar-refractivity contribution in [3.63, 3.8) is 0 Å². The number of hydrogen-bond donors (Lipinski definition) is 2. The minimum atomic E-state index is -1.09. The van der Waals surface area contributed by atoms with Gasteiger partial charge in [0.05, 0.1) is 19.8 Å². The number of ether oxygens (including phenoxy) is 2. The van der Waals surface area contributed by atoms with Gasteiger partial charge in [-0.15, -0.1) is 11.3 Å². The van der Waals surface area contributed by atoms with E-state index in [2.05, 4.69) is 5.32 Å². The van der Waals surface area contributed by atoms with Crippen molar-refractivity contribution < 1.29 is 24.2 Å². The van der Waals surface area contributed by atoms with Gasteiger partial charge in [-0.2, -0.15) is 0 Å². The lowest BCUT2D eigenvalue weighted by Gasteiger charge is -2.12. The number of thiophene rings is 1. The first-order valence-electron chi connectivity index (χ1n) is 6.34. The summed E-state index contributed by atoms with van der Waals surface area (Å²) in [5, 5.41) is 12.1. The number of aromatic carboxylic acids is 1. The summed E-state index contributed by atoms with van der Waals surface area (Å²) in [5.74, 6) is -0.880. The zero-order chi connectivity index (χ0) is 16.3. The number of anilines is 1. The lowest BCUT2D eigenvalue weighted by atomic mass is 10.1. The molecule has 6 nitrogen and oxygen atoms in total. The lowest BCUT2D eigenvalue weighted by Crippen LogP contribution is -2.15. The molecule has 0 aliphatic rings. The number of methoxy groups -OCH3 is 2. The Morgan fingerprint density at radius 3 is 2.27 bits per heavy atom. The van der Waals surface area contributed by atoms with Crippen LogP contribution in [-0.4, -0.2) is 31.2 Å². The summed E-state index contributed by atoms with van der Waals surface area (Å²) in [7, 11) is 2.90. The molecule has 0 spiro atoms. The van der Waals surface area contributed by atoms with Gasteiger partial charge in [0.1, 0.15) is 22.1 Å². The fourth-order valence-corrected chi connectivity index (χ4v) is 2.91. The summed E-state index contributed by atoms with van der Waals surface area (Å²) >= 11 is 1.20. The quantitative estimate of drug-likeness (QED) is 0.884. The van der Waals surface area contributed by atoms with Crippen LogP contribution in [0.25, 0.3) is 0 Å². The van der Waals surface area contributed by atoms with Gasteiger partial charge in [-0.25, -0.2) is 4.79 Å². The maximum Gasteiger partial charge on any atom is 0.338 e. The standard InChI is InChI=1S/C15H15NO5S/c1-8-7-9(15(18)19)14(22-8)16-13(17)12-10(20-2)5-4-6-11(12)21-3/h4-7H,1-3H3,(H,16,17)(H,18,19). The van der Waals surface area contributed by atoms with Crippen LogP contribution in [0.1, 0.15) is 25.6 Å². The van der Waals surface area contributed by atoms with Crippen LogP contribution in [0.4, 0.5) is 5.00 Å². The molecule has 1 aromatic heterocycles. The second-order valence-corrected chi connectivity index (χ2v) is 5.65. The van der Waals surface area contributed by atoms with Crippen LogP contribution in [-0.2, 0) is 0 Å². The first kappa shape index (κ1) is 15.8. The van der Waals surface area contributed by atoms with E-state index < -0.39 is 11.9 Å². The topological polar surface area (TPSA) is 84.9 Å². The van der Waals surface area contributed by atoms with Gasteiger partial charge in [0.2, 0.25) is 0 Å². The van der Waals surface area contributed by atoms with E-state index in [1.165, 1.54) is 31.6 Å². The van der Waals surface area contributed by atoms with Crippen LogP contribution in [0, 0.1) is 6.92 Å². The molecule has 116 valence electrons. The molecule has 1 heterocycles. The summed E-state index contributed by atoms with van der Waals surface area (Å²) in [4.78, 5) is 24.5. The van der Waals surface area contributed by atoms with Gasteiger partial charge in [0.15, 0.2) is 0 Å². The van der Waals surface area contributed by atoms with Crippen LogP contribution in [0.15, 0.2) is 24.3 Å². The zero-order valence-corrected chi connectivity index (χ0v) is 13.1. The number of carboxylic acids is 1. The first-order valence-corrected chi connectivity index (χ1v) is 7.15. The summed E-state index contributed by atoms with van der Waals surface area (Å²) in [6.45, 7) is 1.77. The predicted octanol–water partition coefficient (Wildman–Crippen LogP) is 3.02. The minimum absolute atomic E-state index is 0.0599. The Kier molecular flexibility index (Phi) is 4.67. The molecule has 0 bridgehead atoms. The molecule has 0 radical (unpaired) electrons. The molecule has 2 rings (SSSR count). The molecule has 22 heavy (non-hydrogen) atoms. The van der Waals surface area contributed by atoms with Crippen LogP contribution >= 0.6 is 11.3 Å². The smallest absolute Gasteiger partial charge is 0.338 e. The molecular formula is C15H15NO5S. The third-order valence-electron chi connectivity index (χ3n) is 2.97. The SMILES string of the molecule is COc1cccc(OC)c1C(=O)Nc1sc(C)cc1C(=O)O. The van der Waals surface area contributed by atoms with E-state index in [1.54, 1.807) is 25.1 Å². The average Bonchev–Trinajstić information content (AvgIpc) is 2.86. The largest absolute Gasteiger partial charge is 0.496 e. The van der Waals surface area contributed by atoms with E-state index in [0.717, 1.165) is 4.88 Å². The van der Waals surface area contributed by atoms with Gasteiger partial charge in [-0.1, -0.05) is 6.07 Å². The number of carboxylic acid groups (broad SMARTS) is 1. The number of carbonyl (C=O) groups excluding carboxylic acids is 1. The van der Waals surface area contributed by atoms with Crippen molar-refractivity contribution in [1.82, 2.24) is 0 Å². The molecule has 0 saturated heterocycles. The van der Waals surface area contributed by atoms with Crippen molar-refractivity contribution in [2.24, 2.45) is 0 Å². The molecule has 0 unspecified atom stereocenters. The van der Waals surface area contributed by atoms with Gasteiger partial charge >= 0.3 is 5.97 Å². The molecule has 0 atom stereocenters. The third kappa shape index (κ3) is 3.04.